The molecule has 0 aliphatic carbocycles. The minimum absolute atomic E-state index is 0.638. The zero-order chi connectivity index (χ0) is 20.3. The zero-order valence-corrected chi connectivity index (χ0v) is 16.9. The summed E-state index contributed by atoms with van der Waals surface area (Å²) in [5, 5.41) is 15.2. The van der Waals surface area contributed by atoms with E-state index in [2.05, 4.69) is 68.7 Å². The second kappa shape index (κ2) is 8.17. The smallest absolute Gasteiger partial charge is 0.201 e. The molecule has 0 radical (unpaired) electrons. The number of hydrogen-bond donors (Lipinski definition) is 2. The fourth-order valence-electron chi connectivity index (χ4n) is 4.42. The Labute approximate surface area is 176 Å². The molecule has 5 rings (SSSR count). The number of likely N-dealkylation sites (tertiary alicyclic amines) is 1. The van der Waals surface area contributed by atoms with Gasteiger partial charge in [0.05, 0.1) is 22.7 Å². The highest BCUT2D eigenvalue weighted by Gasteiger charge is 2.20. The lowest BCUT2D eigenvalue weighted by atomic mass is 9.96. The fraction of sp³-hybridized carbons (Fsp3) is 0.280. The number of fused-ring (bicyclic) bond motifs is 2. The number of aromatic nitrogens is 2. The molecule has 4 aromatic rings. The van der Waals surface area contributed by atoms with Gasteiger partial charge >= 0.3 is 0 Å². The first-order chi connectivity index (χ1) is 14.8. The van der Waals surface area contributed by atoms with Crippen LogP contribution in [0.3, 0.4) is 0 Å². The number of piperidine rings is 1. The molecule has 0 bridgehead atoms. The van der Waals surface area contributed by atoms with Crippen LogP contribution in [-0.2, 0) is 6.54 Å². The standard InChI is InChI=1S/C25H25N5/c26-15-19-8-9-23-24(14-19)29-25(28-23)27-16-18-10-12-30(13-11-18)17-21-6-3-5-20-4-1-2-7-22(20)21/h1-9,14,18H,10-13,16-17H2,(H2,27,28,29). The molecular formula is C25H25N5. The van der Waals surface area contributed by atoms with Crippen LogP contribution in [0.2, 0.25) is 0 Å². The minimum Gasteiger partial charge on any atom is -0.356 e. The number of nitriles is 1. The first-order valence-corrected chi connectivity index (χ1v) is 10.6. The lowest BCUT2D eigenvalue weighted by Crippen LogP contribution is -2.35. The molecule has 0 spiro atoms. The van der Waals surface area contributed by atoms with Gasteiger partial charge in [-0.1, -0.05) is 42.5 Å². The molecular weight excluding hydrogens is 370 g/mol. The third kappa shape index (κ3) is 3.87. The van der Waals surface area contributed by atoms with Gasteiger partial charge in [0.15, 0.2) is 0 Å². The van der Waals surface area contributed by atoms with E-state index in [1.807, 2.05) is 18.2 Å². The van der Waals surface area contributed by atoms with E-state index in [0.717, 1.165) is 43.2 Å². The molecule has 0 atom stereocenters. The Bertz CT molecular complexity index is 1210. The minimum atomic E-state index is 0.638. The van der Waals surface area contributed by atoms with Crippen molar-refractivity contribution in [2.45, 2.75) is 19.4 Å². The average Bonchev–Trinajstić information content (AvgIpc) is 3.21. The Morgan fingerprint density at radius 3 is 2.77 bits per heavy atom. The number of hydrogen-bond acceptors (Lipinski definition) is 4. The number of nitrogens with one attached hydrogen (secondary N) is 2. The van der Waals surface area contributed by atoms with Gasteiger partial charge in [-0.25, -0.2) is 4.98 Å². The van der Waals surface area contributed by atoms with Gasteiger partial charge in [-0.15, -0.1) is 0 Å². The molecule has 0 amide bonds. The topological polar surface area (TPSA) is 67.7 Å². The average molecular weight is 396 g/mol. The van der Waals surface area contributed by atoms with Crippen molar-refractivity contribution in [3.8, 4) is 6.07 Å². The number of nitrogens with zero attached hydrogens (tertiary/aromatic N) is 3. The molecule has 1 fully saturated rings. The van der Waals surface area contributed by atoms with E-state index in [9.17, 15) is 0 Å². The summed E-state index contributed by atoms with van der Waals surface area (Å²) in [6.45, 7) is 4.20. The Balaban J connectivity index is 1.16. The van der Waals surface area contributed by atoms with E-state index in [1.165, 1.54) is 29.2 Å². The lowest BCUT2D eigenvalue weighted by molar-refractivity contribution is 0.183. The zero-order valence-electron chi connectivity index (χ0n) is 16.9. The number of rotatable bonds is 5. The van der Waals surface area contributed by atoms with E-state index < -0.39 is 0 Å². The quantitative estimate of drug-likeness (QED) is 0.504. The summed E-state index contributed by atoms with van der Waals surface area (Å²) >= 11 is 0. The molecule has 3 aromatic carbocycles. The van der Waals surface area contributed by atoms with Crippen molar-refractivity contribution in [2.75, 3.05) is 25.0 Å². The SMILES string of the molecule is N#Cc1ccc2[nH]c(NCC3CCN(Cc4cccc5ccccc45)CC3)nc2c1. The third-order valence-electron chi connectivity index (χ3n) is 6.15. The summed E-state index contributed by atoms with van der Waals surface area (Å²) in [7, 11) is 0. The van der Waals surface area contributed by atoms with Gasteiger partial charge in [-0.3, -0.25) is 4.90 Å². The summed E-state index contributed by atoms with van der Waals surface area (Å²) in [5.41, 5.74) is 3.85. The first kappa shape index (κ1) is 18.7. The Morgan fingerprint density at radius 1 is 1.07 bits per heavy atom. The molecule has 2 N–H and O–H groups in total. The van der Waals surface area contributed by atoms with E-state index in [-0.39, 0.29) is 0 Å². The maximum Gasteiger partial charge on any atom is 0.201 e. The predicted molar refractivity (Wildman–Crippen MR) is 121 cm³/mol. The van der Waals surface area contributed by atoms with Gasteiger partial charge < -0.3 is 10.3 Å². The van der Waals surface area contributed by atoms with Crippen molar-refractivity contribution >= 4 is 27.8 Å². The fourth-order valence-corrected chi connectivity index (χ4v) is 4.42. The summed E-state index contributed by atoms with van der Waals surface area (Å²) in [4.78, 5) is 10.5. The van der Waals surface area contributed by atoms with Gasteiger partial charge in [0.1, 0.15) is 0 Å². The number of imidazole rings is 1. The Morgan fingerprint density at radius 2 is 1.90 bits per heavy atom. The van der Waals surface area contributed by atoms with Crippen LogP contribution in [0.5, 0.6) is 0 Å². The maximum atomic E-state index is 9.04. The molecule has 1 saturated heterocycles. The van der Waals surface area contributed by atoms with Gasteiger partial charge in [0.25, 0.3) is 0 Å². The van der Waals surface area contributed by atoms with Crippen LogP contribution in [0.25, 0.3) is 21.8 Å². The predicted octanol–water partition coefficient (Wildman–Crippen LogP) is 4.91. The highest BCUT2D eigenvalue weighted by Crippen LogP contribution is 2.24. The van der Waals surface area contributed by atoms with Crippen molar-refractivity contribution in [3.05, 3.63) is 71.8 Å². The van der Waals surface area contributed by atoms with Crippen molar-refractivity contribution in [2.24, 2.45) is 5.92 Å². The summed E-state index contributed by atoms with van der Waals surface area (Å²) in [6, 6.07) is 23.0. The Hall–Kier alpha value is -3.36. The molecule has 150 valence electrons. The largest absolute Gasteiger partial charge is 0.356 e. The van der Waals surface area contributed by atoms with Crippen molar-refractivity contribution in [3.63, 3.8) is 0 Å². The van der Waals surface area contributed by atoms with E-state index in [1.54, 1.807) is 0 Å². The van der Waals surface area contributed by atoms with Gasteiger partial charge in [0, 0.05) is 13.1 Å². The number of anilines is 1. The molecule has 5 heteroatoms. The van der Waals surface area contributed by atoms with E-state index in [0.29, 0.717) is 11.5 Å². The second-order valence-corrected chi connectivity index (χ2v) is 8.17. The number of benzene rings is 3. The normalized spacial score (nSPS) is 15.4. The molecule has 0 saturated carbocycles. The van der Waals surface area contributed by atoms with Crippen molar-refractivity contribution in [1.82, 2.24) is 14.9 Å². The molecule has 1 aromatic heterocycles. The van der Waals surface area contributed by atoms with Gasteiger partial charge in [0.2, 0.25) is 5.95 Å². The number of aromatic amines is 1. The molecule has 5 nitrogen and oxygen atoms in total. The second-order valence-electron chi connectivity index (χ2n) is 8.17. The summed E-state index contributed by atoms with van der Waals surface area (Å²) in [5.74, 6) is 1.44. The van der Waals surface area contributed by atoms with Crippen molar-refractivity contribution in [1.29, 1.82) is 5.26 Å². The molecule has 1 aliphatic heterocycles. The van der Waals surface area contributed by atoms with Gasteiger partial charge in [-0.05, 0) is 66.4 Å². The highest BCUT2D eigenvalue weighted by atomic mass is 15.1. The summed E-state index contributed by atoms with van der Waals surface area (Å²) < 4.78 is 0. The van der Waals surface area contributed by atoms with Gasteiger partial charge in [-0.2, -0.15) is 5.26 Å². The van der Waals surface area contributed by atoms with Crippen LogP contribution in [0.1, 0.15) is 24.0 Å². The molecule has 2 heterocycles. The molecule has 0 unspecified atom stereocenters. The van der Waals surface area contributed by atoms with E-state index in [4.69, 9.17) is 5.26 Å². The first-order valence-electron chi connectivity index (χ1n) is 10.6. The van der Waals surface area contributed by atoms with Crippen LogP contribution in [0.4, 0.5) is 5.95 Å². The molecule has 30 heavy (non-hydrogen) atoms. The van der Waals surface area contributed by atoms with Crippen LogP contribution in [0, 0.1) is 17.2 Å². The third-order valence-corrected chi connectivity index (χ3v) is 6.15. The lowest BCUT2D eigenvalue weighted by Gasteiger charge is -2.32. The Kier molecular flexibility index (Phi) is 5.08. The summed E-state index contributed by atoms with van der Waals surface area (Å²) in [6.07, 6.45) is 2.38. The highest BCUT2D eigenvalue weighted by molar-refractivity contribution is 5.85. The maximum absolute atomic E-state index is 9.04. The monoisotopic (exact) mass is 395 g/mol. The van der Waals surface area contributed by atoms with Crippen LogP contribution in [-0.4, -0.2) is 34.5 Å². The van der Waals surface area contributed by atoms with Crippen LogP contribution < -0.4 is 5.32 Å². The van der Waals surface area contributed by atoms with Crippen molar-refractivity contribution < 1.29 is 0 Å². The molecule has 1 aliphatic rings. The van der Waals surface area contributed by atoms with Crippen LogP contribution >= 0.6 is 0 Å². The van der Waals surface area contributed by atoms with Crippen LogP contribution in [0.15, 0.2) is 60.7 Å². The number of H-pyrrole nitrogens is 1. The van der Waals surface area contributed by atoms with E-state index >= 15 is 0 Å².